The highest BCUT2D eigenvalue weighted by molar-refractivity contribution is 7.80. The van der Waals surface area contributed by atoms with Crippen LogP contribution in [0.2, 0.25) is 0 Å². The van der Waals surface area contributed by atoms with Crippen LogP contribution in [0, 0.1) is 10.1 Å². The highest BCUT2D eigenvalue weighted by Crippen LogP contribution is 2.31. The van der Waals surface area contributed by atoms with Crippen molar-refractivity contribution < 1.29 is 19.4 Å². The minimum Gasteiger partial charge on any atom is -0.466 e. The maximum Gasteiger partial charge on any atom is 0.337 e. The average Bonchev–Trinajstić information content (AvgIpc) is 2.69. The molecule has 1 aliphatic rings. The molecule has 0 amide bonds. The maximum absolute atomic E-state index is 12.5. The smallest absolute Gasteiger partial charge is 0.337 e. The van der Waals surface area contributed by atoms with Gasteiger partial charge in [0.15, 0.2) is 5.11 Å². The van der Waals surface area contributed by atoms with E-state index in [4.69, 9.17) is 17.0 Å². The number of nitrogens with zero attached hydrogens (tertiary/aromatic N) is 2. The number of thiocarbonyl (C=S) groups is 1. The largest absolute Gasteiger partial charge is 0.466 e. The van der Waals surface area contributed by atoms with Gasteiger partial charge in [-0.3, -0.25) is 10.1 Å². The van der Waals surface area contributed by atoms with Crippen LogP contribution in [0.4, 0.5) is 5.69 Å². The van der Waals surface area contributed by atoms with Crippen molar-refractivity contribution in [2.45, 2.75) is 26.8 Å². The third-order valence-corrected chi connectivity index (χ3v) is 5.47. The van der Waals surface area contributed by atoms with Crippen molar-refractivity contribution in [2.24, 2.45) is 0 Å². The summed E-state index contributed by atoms with van der Waals surface area (Å²) in [5, 5.41) is 14.6. The Kier molecular flexibility index (Phi) is 7.47. The molecule has 1 atom stereocenters. The second kappa shape index (κ2) is 9.61. The van der Waals surface area contributed by atoms with Crippen LogP contribution in [-0.4, -0.2) is 54.2 Å². The number of nitro benzene ring substituents is 1. The van der Waals surface area contributed by atoms with E-state index in [0.29, 0.717) is 22.8 Å². The van der Waals surface area contributed by atoms with Gasteiger partial charge in [-0.2, -0.15) is 0 Å². The number of carbonyl (C=O) groups excluding carboxylic acids is 1. The number of esters is 1. The van der Waals surface area contributed by atoms with E-state index < -0.39 is 16.9 Å². The van der Waals surface area contributed by atoms with Crippen LogP contribution in [0.5, 0.6) is 0 Å². The second-order valence-corrected chi connectivity index (χ2v) is 6.97. The highest BCUT2D eigenvalue weighted by Gasteiger charge is 2.34. The number of nitrogens with one attached hydrogen (secondary N) is 2. The SMILES string of the molecule is CC[NH+](CC)CCN1C(=S)N[C@H](c2ccc([N+](=O)[O-])cc2)C(C(=O)OC)=C1C. The monoisotopic (exact) mass is 407 g/mol. The Hall–Kier alpha value is -2.52. The first kappa shape index (κ1) is 21.8. The van der Waals surface area contributed by atoms with Crippen LogP contribution >= 0.6 is 12.2 Å². The molecular formula is C19H27N4O4S+. The Bertz CT molecular complexity index is 775. The number of methoxy groups -OCH3 is 1. The summed E-state index contributed by atoms with van der Waals surface area (Å²) < 4.78 is 5.01. The quantitative estimate of drug-likeness (QED) is 0.290. The molecule has 0 saturated heterocycles. The molecule has 1 aromatic rings. The number of rotatable bonds is 8. The van der Waals surface area contributed by atoms with Gasteiger partial charge >= 0.3 is 5.97 Å². The van der Waals surface area contributed by atoms with Crippen molar-refractivity contribution in [3.05, 3.63) is 51.2 Å². The van der Waals surface area contributed by atoms with E-state index in [0.717, 1.165) is 25.3 Å². The van der Waals surface area contributed by atoms with Crippen LogP contribution < -0.4 is 10.2 Å². The Morgan fingerprint density at radius 3 is 2.43 bits per heavy atom. The zero-order chi connectivity index (χ0) is 20.8. The Balaban J connectivity index is 2.38. The number of carbonyl (C=O) groups is 1. The molecule has 0 saturated carbocycles. The normalized spacial score (nSPS) is 17.0. The molecule has 0 spiro atoms. The van der Waals surface area contributed by atoms with Gasteiger partial charge in [-0.25, -0.2) is 4.79 Å². The Morgan fingerprint density at radius 2 is 1.93 bits per heavy atom. The van der Waals surface area contributed by atoms with E-state index in [9.17, 15) is 14.9 Å². The molecule has 0 aromatic heterocycles. The predicted octanol–water partition coefficient (Wildman–Crippen LogP) is 1.20. The molecule has 2 N–H and O–H groups in total. The van der Waals surface area contributed by atoms with Gasteiger partial charge in [-0.05, 0) is 50.7 Å². The molecule has 9 heteroatoms. The highest BCUT2D eigenvalue weighted by atomic mass is 32.1. The van der Waals surface area contributed by atoms with Gasteiger partial charge < -0.3 is 19.9 Å². The van der Waals surface area contributed by atoms with Gasteiger partial charge in [-0.15, -0.1) is 0 Å². The lowest BCUT2D eigenvalue weighted by Gasteiger charge is -2.37. The lowest BCUT2D eigenvalue weighted by Crippen LogP contribution is -3.12. The van der Waals surface area contributed by atoms with Crippen LogP contribution in [0.1, 0.15) is 32.4 Å². The van der Waals surface area contributed by atoms with Crippen molar-refractivity contribution in [3.63, 3.8) is 0 Å². The first-order chi connectivity index (χ1) is 13.3. The molecule has 0 aliphatic carbocycles. The van der Waals surface area contributed by atoms with Gasteiger partial charge in [0.2, 0.25) is 0 Å². The summed E-state index contributed by atoms with van der Waals surface area (Å²) in [7, 11) is 1.34. The van der Waals surface area contributed by atoms with Crippen molar-refractivity contribution >= 4 is 29.0 Å². The third kappa shape index (κ3) is 4.66. The van der Waals surface area contributed by atoms with E-state index in [1.807, 2.05) is 11.8 Å². The molecule has 0 radical (unpaired) electrons. The molecule has 2 rings (SSSR count). The van der Waals surface area contributed by atoms with Gasteiger partial charge in [0.1, 0.15) is 0 Å². The number of nitro groups is 1. The number of non-ortho nitro benzene ring substituents is 1. The molecule has 152 valence electrons. The minimum atomic E-state index is -0.516. The molecular weight excluding hydrogens is 380 g/mol. The predicted molar refractivity (Wildman–Crippen MR) is 110 cm³/mol. The number of ether oxygens (including phenoxy) is 1. The number of benzene rings is 1. The molecule has 1 aromatic carbocycles. The van der Waals surface area contributed by atoms with Crippen molar-refractivity contribution in [2.75, 3.05) is 33.3 Å². The molecule has 0 fully saturated rings. The van der Waals surface area contributed by atoms with Crippen LogP contribution in [0.3, 0.4) is 0 Å². The topological polar surface area (TPSA) is 89.1 Å². The van der Waals surface area contributed by atoms with Gasteiger partial charge in [0, 0.05) is 17.8 Å². The van der Waals surface area contributed by atoms with Gasteiger partial charge in [0.25, 0.3) is 5.69 Å². The fourth-order valence-corrected chi connectivity index (χ4v) is 3.68. The number of likely N-dealkylation sites (N-methyl/N-ethyl adjacent to an activating group) is 1. The number of hydrogen-bond acceptors (Lipinski definition) is 5. The fourth-order valence-electron chi connectivity index (χ4n) is 3.34. The molecule has 0 bridgehead atoms. The summed E-state index contributed by atoms with van der Waals surface area (Å²) in [5.41, 5.74) is 1.90. The van der Waals surface area contributed by atoms with E-state index in [1.165, 1.54) is 24.1 Å². The summed E-state index contributed by atoms with van der Waals surface area (Å²) in [6.45, 7) is 9.74. The standard InChI is InChI=1S/C19H26N4O4S/c1-5-21(6-2)11-12-22-13(3)16(18(24)27-4)17(20-19(22)28)14-7-9-15(10-8-14)23(25)26/h7-10,17H,5-6,11-12H2,1-4H3,(H,20,28)/p+1/t17-/m1/s1. The summed E-state index contributed by atoms with van der Waals surface area (Å²) >= 11 is 5.56. The second-order valence-electron chi connectivity index (χ2n) is 6.58. The number of allylic oxidation sites excluding steroid dienone is 1. The first-order valence-electron chi connectivity index (χ1n) is 9.29. The zero-order valence-corrected chi connectivity index (χ0v) is 17.5. The van der Waals surface area contributed by atoms with E-state index >= 15 is 0 Å². The first-order valence-corrected chi connectivity index (χ1v) is 9.69. The average molecular weight is 408 g/mol. The summed E-state index contributed by atoms with van der Waals surface area (Å²) in [6, 6.07) is 5.58. The maximum atomic E-state index is 12.5. The number of hydrogen-bond donors (Lipinski definition) is 2. The fraction of sp³-hybridized carbons (Fsp3) is 0.474. The van der Waals surface area contributed by atoms with Crippen LogP contribution in [-0.2, 0) is 9.53 Å². The minimum absolute atomic E-state index is 0.00807. The van der Waals surface area contributed by atoms with Crippen molar-refractivity contribution in [3.8, 4) is 0 Å². The van der Waals surface area contributed by atoms with Gasteiger partial charge in [-0.1, -0.05) is 0 Å². The lowest BCUT2D eigenvalue weighted by atomic mass is 9.95. The number of quaternary nitrogens is 1. The van der Waals surface area contributed by atoms with Crippen molar-refractivity contribution in [1.29, 1.82) is 0 Å². The van der Waals surface area contributed by atoms with E-state index in [1.54, 1.807) is 12.1 Å². The van der Waals surface area contributed by atoms with Gasteiger partial charge in [0.05, 0.1) is 49.8 Å². The molecule has 1 heterocycles. The summed E-state index contributed by atoms with van der Waals surface area (Å²) in [6.07, 6.45) is 0. The van der Waals surface area contributed by atoms with Crippen LogP contribution in [0.25, 0.3) is 0 Å². The molecule has 8 nitrogen and oxygen atoms in total. The Morgan fingerprint density at radius 1 is 1.32 bits per heavy atom. The molecule has 1 aliphatic heterocycles. The molecule has 28 heavy (non-hydrogen) atoms. The lowest BCUT2D eigenvalue weighted by molar-refractivity contribution is -0.895. The third-order valence-electron chi connectivity index (χ3n) is 5.13. The Labute approximate surface area is 170 Å². The summed E-state index contributed by atoms with van der Waals surface area (Å²) in [4.78, 5) is 26.4. The van der Waals surface area contributed by atoms with E-state index in [2.05, 4.69) is 19.2 Å². The summed E-state index contributed by atoms with van der Waals surface area (Å²) in [5.74, 6) is -0.448. The molecule has 0 unspecified atom stereocenters. The van der Waals surface area contributed by atoms with Crippen LogP contribution in [0.15, 0.2) is 35.5 Å². The van der Waals surface area contributed by atoms with E-state index in [-0.39, 0.29) is 5.69 Å². The zero-order valence-electron chi connectivity index (χ0n) is 16.7. The van der Waals surface area contributed by atoms with Crippen molar-refractivity contribution in [1.82, 2.24) is 10.2 Å².